The zero-order valence-corrected chi connectivity index (χ0v) is 15.3. The first-order valence-corrected chi connectivity index (χ1v) is 9.92. The topological polar surface area (TPSA) is 89.8 Å². The van der Waals surface area contributed by atoms with Crippen molar-refractivity contribution in [2.24, 2.45) is 11.7 Å². The van der Waals surface area contributed by atoms with Gasteiger partial charge in [0.2, 0.25) is 5.95 Å². The fourth-order valence-corrected chi connectivity index (χ4v) is 4.54. The smallest absolute Gasteiger partial charge is 0.222 e. The molecule has 0 saturated heterocycles. The van der Waals surface area contributed by atoms with Gasteiger partial charge in [-0.3, -0.25) is 0 Å². The van der Waals surface area contributed by atoms with Gasteiger partial charge in [-0.25, -0.2) is 4.98 Å². The number of benzene rings is 1. The van der Waals surface area contributed by atoms with Gasteiger partial charge in [-0.15, -0.1) is 0 Å². The monoisotopic (exact) mass is 351 g/mol. The van der Waals surface area contributed by atoms with E-state index in [1.807, 2.05) is 0 Å². The summed E-state index contributed by atoms with van der Waals surface area (Å²) in [5, 5.41) is 3.69. The van der Waals surface area contributed by atoms with E-state index >= 15 is 0 Å². The Kier molecular flexibility index (Phi) is 5.07. The molecule has 0 radical (unpaired) electrons. The molecule has 1 saturated carbocycles. The molecule has 4 rings (SSSR count). The van der Waals surface area contributed by atoms with Gasteiger partial charge in [0.15, 0.2) is 0 Å². The second-order valence-electron chi connectivity index (χ2n) is 7.75. The van der Waals surface area contributed by atoms with Crippen LogP contribution < -0.4 is 16.8 Å². The summed E-state index contributed by atoms with van der Waals surface area (Å²) in [5.74, 6) is 2.34. The summed E-state index contributed by atoms with van der Waals surface area (Å²) >= 11 is 0. The predicted molar refractivity (Wildman–Crippen MR) is 106 cm³/mol. The average molecular weight is 351 g/mol. The van der Waals surface area contributed by atoms with Gasteiger partial charge < -0.3 is 16.8 Å². The Morgan fingerprint density at radius 3 is 2.50 bits per heavy atom. The number of hydrogen-bond acceptors (Lipinski definition) is 5. The third kappa shape index (κ3) is 3.54. The normalized spacial score (nSPS) is 25.5. The van der Waals surface area contributed by atoms with Crippen molar-refractivity contribution in [3.8, 4) is 0 Å². The lowest BCUT2D eigenvalue weighted by Crippen LogP contribution is -2.30. The maximum Gasteiger partial charge on any atom is 0.222 e. The third-order valence-electron chi connectivity index (χ3n) is 6.03. The predicted octanol–water partition coefficient (Wildman–Crippen LogP) is 3.46. The second-order valence-corrected chi connectivity index (χ2v) is 7.75. The molecule has 1 aromatic carbocycles. The SMILES string of the molecule is NCC1CCC(Nc2nc(N)nc3c2CCCC3c2ccccc2)CC1. The number of aromatic nitrogens is 2. The number of anilines is 2. The van der Waals surface area contributed by atoms with Crippen LogP contribution in [0.1, 0.15) is 61.3 Å². The van der Waals surface area contributed by atoms with Crippen LogP contribution in [0.5, 0.6) is 0 Å². The minimum absolute atomic E-state index is 0.318. The van der Waals surface area contributed by atoms with E-state index in [1.165, 1.54) is 24.0 Å². The molecule has 0 bridgehead atoms. The lowest BCUT2D eigenvalue weighted by atomic mass is 9.82. The van der Waals surface area contributed by atoms with Crippen LogP contribution in [0.25, 0.3) is 0 Å². The molecule has 1 aromatic heterocycles. The number of nitrogens with two attached hydrogens (primary N) is 2. The van der Waals surface area contributed by atoms with Crippen LogP contribution in [0.2, 0.25) is 0 Å². The van der Waals surface area contributed by atoms with Gasteiger partial charge in [0.25, 0.3) is 0 Å². The molecule has 1 atom stereocenters. The van der Waals surface area contributed by atoms with E-state index in [0.29, 0.717) is 23.8 Å². The zero-order valence-electron chi connectivity index (χ0n) is 15.3. The number of nitrogens with one attached hydrogen (secondary N) is 1. The van der Waals surface area contributed by atoms with Crippen LogP contribution in [-0.2, 0) is 6.42 Å². The van der Waals surface area contributed by atoms with Gasteiger partial charge in [0.1, 0.15) is 5.82 Å². The van der Waals surface area contributed by atoms with Crippen molar-refractivity contribution in [3.05, 3.63) is 47.2 Å². The summed E-state index contributed by atoms with van der Waals surface area (Å²) in [6.45, 7) is 0.807. The van der Waals surface area contributed by atoms with Gasteiger partial charge in [0, 0.05) is 17.5 Å². The van der Waals surface area contributed by atoms with Crippen LogP contribution in [0, 0.1) is 5.92 Å². The van der Waals surface area contributed by atoms with Crippen LogP contribution >= 0.6 is 0 Å². The summed E-state index contributed by atoms with van der Waals surface area (Å²) < 4.78 is 0. The van der Waals surface area contributed by atoms with Crippen LogP contribution in [0.4, 0.5) is 11.8 Å². The van der Waals surface area contributed by atoms with E-state index in [0.717, 1.165) is 50.2 Å². The molecule has 5 nitrogen and oxygen atoms in total. The number of rotatable bonds is 4. The highest BCUT2D eigenvalue weighted by atomic mass is 15.1. The van der Waals surface area contributed by atoms with Crippen molar-refractivity contribution in [2.45, 2.75) is 56.9 Å². The molecule has 138 valence electrons. The Balaban J connectivity index is 1.60. The highest BCUT2D eigenvalue weighted by Gasteiger charge is 2.28. The van der Waals surface area contributed by atoms with Crippen molar-refractivity contribution in [3.63, 3.8) is 0 Å². The number of nitrogen functional groups attached to an aromatic ring is 1. The largest absolute Gasteiger partial charge is 0.368 e. The standard InChI is InChI=1S/C21H29N5/c22-13-14-9-11-16(12-10-14)24-20-18-8-4-7-17(15-5-2-1-3-6-15)19(18)25-21(23)26-20/h1-3,5-6,14,16-17H,4,7-13,22H2,(H3,23,24,25,26). The third-order valence-corrected chi connectivity index (χ3v) is 6.03. The first kappa shape index (κ1) is 17.3. The Morgan fingerprint density at radius 2 is 1.77 bits per heavy atom. The molecule has 0 spiro atoms. The Labute approximate surface area is 155 Å². The molecule has 5 heteroatoms. The number of hydrogen-bond donors (Lipinski definition) is 3. The fourth-order valence-electron chi connectivity index (χ4n) is 4.54. The van der Waals surface area contributed by atoms with Crippen LogP contribution in [-0.4, -0.2) is 22.6 Å². The van der Waals surface area contributed by atoms with Gasteiger partial charge in [0.05, 0.1) is 5.69 Å². The summed E-state index contributed by atoms with van der Waals surface area (Å²) in [6.07, 6.45) is 8.01. The molecule has 2 aliphatic rings. The van der Waals surface area contributed by atoms with Crippen molar-refractivity contribution in [2.75, 3.05) is 17.6 Å². The zero-order chi connectivity index (χ0) is 17.9. The number of fused-ring (bicyclic) bond motifs is 1. The van der Waals surface area contributed by atoms with Crippen LogP contribution in [0.3, 0.4) is 0 Å². The molecular formula is C21H29N5. The van der Waals surface area contributed by atoms with E-state index in [4.69, 9.17) is 11.5 Å². The lowest BCUT2D eigenvalue weighted by Gasteiger charge is -2.31. The van der Waals surface area contributed by atoms with E-state index in [1.54, 1.807) is 0 Å². The molecular weight excluding hydrogens is 322 g/mol. The maximum atomic E-state index is 6.09. The minimum Gasteiger partial charge on any atom is -0.368 e. The molecule has 26 heavy (non-hydrogen) atoms. The number of nitrogens with zero attached hydrogens (tertiary/aromatic N) is 2. The maximum absolute atomic E-state index is 6.09. The average Bonchev–Trinajstić information content (AvgIpc) is 2.69. The van der Waals surface area contributed by atoms with Gasteiger partial charge in [-0.05, 0) is 63.0 Å². The summed E-state index contributed by atoms with van der Waals surface area (Å²) in [4.78, 5) is 9.24. The molecule has 2 aliphatic carbocycles. The highest BCUT2D eigenvalue weighted by molar-refractivity contribution is 5.54. The first-order chi connectivity index (χ1) is 12.7. The second kappa shape index (κ2) is 7.62. The quantitative estimate of drug-likeness (QED) is 0.785. The highest BCUT2D eigenvalue weighted by Crippen LogP contribution is 2.39. The molecule has 1 fully saturated rings. The van der Waals surface area contributed by atoms with E-state index < -0.39 is 0 Å². The van der Waals surface area contributed by atoms with Gasteiger partial charge in [-0.2, -0.15) is 4.98 Å². The fraction of sp³-hybridized carbons (Fsp3) is 0.524. The minimum atomic E-state index is 0.318. The summed E-state index contributed by atoms with van der Waals surface area (Å²) in [6, 6.07) is 11.1. The van der Waals surface area contributed by atoms with Gasteiger partial charge >= 0.3 is 0 Å². The van der Waals surface area contributed by atoms with E-state index in [9.17, 15) is 0 Å². The summed E-state index contributed by atoms with van der Waals surface area (Å²) in [7, 11) is 0. The van der Waals surface area contributed by atoms with Crippen molar-refractivity contribution in [1.82, 2.24) is 9.97 Å². The van der Waals surface area contributed by atoms with Crippen molar-refractivity contribution >= 4 is 11.8 Å². The Hall–Kier alpha value is -2.14. The Morgan fingerprint density at radius 1 is 1.00 bits per heavy atom. The molecule has 5 N–H and O–H groups in total. The molecule has 0 amide bonds. The Bertz CT molecular complexity index is 738. The molecule has 1 unspecified atom stereocenters. The van der Waals surface area contributed by atoms with Gasteiger partial charge in [-0.1, -0.05) is 30.3 Å². The lowest BCUT2D eigenvalue weighted by molar-refractivity contribution is 0.344. The molecule has 1 heterocycles. The first-order valence-electron chi connectivity index (χ1n) is 9.92. The molecule has 2 aromatic rings. The van der Waals surface area contributed by atoms with Crippen molar-refractivity contribution < 1.29 is 0 Å². The van der Waals surface area contributed by atoms with Crippen molar-refractivity contribution in [1.29, 1.82) is 0 Å². The summed E-state index contributed by atoms with van der Waals surface area (Å²) in [5.41, 5.74) is 15.6. The van der Waals surface area contributed by atoms with E-state index in [2.05, 4.69) is 45.6 Å². The van der Waals surface area contributed by atoms with E-state index in [-0.39, 0.29) is 0 Å². The molecule has 0 aliphatic heterocycles. The van der Waals surface area contributed by atoms with Crippen LogP contribution in [0.15, 0.2) is 30.3 Å².